The number of aromatic nitrogens is 3. The summed E-state index contributed by atoms with van der Waals surface area (Å²) in [6.07, 6.45) is 3.17. The fourth-order valence-electron chi connectivity index (χ4n) is 3.20. The second-order valence-electron chi connectivity index (χ2n) is 6.16. The highest BCUT2D eigenvalue weighted by Crippen LogP contribution is 2.26. The fourth-order valence-corrected chi connectivity index (χ4v) is 3.86. The van der Waals surface area contributed by atoms with Gasteiger partial charge in [-0.2, -0.15) is 5.26 Å². The minimum Gasteiger partial charge on any atom is -0.338 e. The largest absolute Gasteiger partial charge is 0.338 e. The van der Waals surface area contributed by atoms with Crippen molar-refractivity contribution in [3.63, 3.8) is 0 Å². The average molecular weight is 350 g/mol. The zero-order valence-electron chi connectivity index (χ0n) is 14.0. The van der Waals surface area contributed by atoms with Gasteiger partial charge in [0.25, 0.3) is 0 Å². The number of piperazine rings is 1. The van der Waals surface area contributed by atoms with Crippen LogP contribution in [0.3, 0.4) is 0 Å². The molecule has 4 rings (SSSR count). The lowest BCUT2D eigenvalue weighted by Crippen LogP contribution is -2.47. The zero-order chi connectivity index (χ0) is 17.2. The van der Waals surface area contributed by atoms with Crippen LogP contribution in [0.25, 0.3) is 10.2 Å². The highest BCUT2D eigenvalue weighted by atomic mass is 32.1. The topological polar surface area (TPSA) is 68.9 Å². The van der Waals surface area contributed by atoms with E-state index in [-0.39, 0.29) is 0 Å². The number of hydrogen-bond donors (Lipinski definition) is 0. The Kier molecular flexibility index (Phi) is 4.30. The SMILES string of the molecule is C[C@@H](c1ccc2scnc2c1)N1CCN(c2ncc(C#N)cn2)CC1. The summed E-state index contributed by atoms with van der Waals surface area (Å²) in [5.41, 5.74) is 4.78. The van der Waals surface area contributed by atoms with E-state index in [2.05, 4.69) is 55.9 Å². The summed E-state index contributed by atoms with van der Waals surface area (Å²) in [6, 6.07) is 8.99. The van der Waals surface area contributed by atoms with Crippen LogP contribution in [0.2, 0.25) is 0 Å². The van der Waals surface area contributed by atoms with Crippen molar-refractivity contribution >= 4 is 27.5 Å². The quantitative estimate of drug-likeness (QED) is 0.723. The molecule has 3 aromatic rings. The van der Waals surface area contributed by atoms with Gasteiger partial charge in [0.1, 0.15) is 6.07 Å². The number of rotatable bonds is 3. The van der Waals surface area contributed by atoms with Crippen LogP contribution in [0.5, 0.6) is 0 Å². The van der Waals surface area contributed by atoms with Gasteiger partial charge >= 0.3 is 0 Å². The highest BCUT2D eigenvalue weighted by Gasteiger charge is 2.23. The van der Waals surface area contributed by atoms with Gasteiger partial charge in [0.15, 0.2) is 0 Å². The maximum absolute atomic E-state index is 8.84. The molecule has 1 saturated heterocycles. The molecule has 0 N–H and O–H groups in total. The van der Waals surface area contributed by atoms with Crippen LogP contribution in [0.4, 0.5) is 5.95 Å². The summed E-state index contributed by atoms with van der Waals surface area (Å²) >= 11 is 1.68. The number of anilines is 1. The summed E-state index contributed by atoms with van der Waals surface area (Å²) < 4.78 is 1.23. The van der Waals surface area contributed by atoms with Crippen molar-refractivity contribution in [3.8, 4) is 6.07 Å². The molecule has 2 aromatic heterocycles. The van der Waals surface area contributed by atoms with Crippen LogP contribution >= 0.6 is 11.3 Å². The molecule has 1 aliphatic heterocycles. The molecule has 1 fully saturated rings. The molecule has 1 atom stereocenters. The molecule has 0 amide bonds. The maximum atomic E-state index is 8.84. The maximum Gasteiger partial charge on any atom is 0.225 e. The molecule has 7 heteroatoms. The number of nitrogens with zero attached hydrogens (tertiary/aromatic N) is 6. The molecule has 25 heavy (non-hydrogen) atoms. The van der Waals surface area contributed by atoms with Gasteiger partial charge in [0, 0.05) is 32.2 Å². The van der Waals surface area contributed by atoms with Crippen LogP contribution in [0.1, 0.15) is 24.1 Å². The molecule has 0 saturated carbocycles. The van der Waals surface area contributed by atoms with Gasteiger partial charge in [-0.25, -0.2) is 15.0 Å². The molecule has 1 aromatic carbocycles. The van der Waals surface area contributed by atoms with E-state index in [1.807, 2.05) is 5.51 Å². The Morgan fingerprint density at radius 2 is 1.88 bits per heavy atom. The van der Waals surface area contributed by atoms with Gasteiger partial charge in [0.05, 0.1) is 33.7 Å². The molecule has 0 aliphatic carbocycles. The first-order valence-electron chi connectivity index (χ1n) is 8.29. The average Bonchev–Trinajstić information content (AvgIpc) is 3.15. The first-order chi connectivity index (χ1) is 12.2. The van der Waals surface area contributed by atoms with Crippen molar-refractivity contribution in [2.45, 2.75) is 13.0 Å². The molecule has 6 nitrogen and oxygen atoms in total. The Morgan fingerprint density at radius 1 is 1.12 bits per heavy atom. The molecule has 0 bridgehead atoms. The summed E-state index contributed by atoms with van der Waals surface area (Å²) in [4.78, 5) is 17.7. The van der Waals surface area contributed by atoms with Gasteiger partial charge in [-0.1, -0.05) is 6.07 Å². The minimum absolute atomic E-state index is 0.357. The minimum atomic E-state index is 0.357. The Balaban J connectivity index is 1.42. The first-order valence-corrected chi connectivity index (χ1v) is 9.17. The third kappa shape index (κ3) is 3.18. The van der Waals surface area contributed by atoms with Crippen LogP contribution in [-0.2, 0) is 0 Å². The number of fused-ring (bicyclic) bond motifs is 1. The molecule has 3 heterocycles. The van der Waals surface area contributed by atoms with E-state index in [1.165, 1.54) is 10.3 Å². The highest BCUT2D eigenvalue weighted by molar-refractivity contribution is 7.16. The third-order valence-electron chi connectivity index (χ3n) is 4.75. The van der Waals surface area contributed by atoms with Gasteiger partial charge in [0.2, 0.25) is 5.95 Å². The summed E-state index contributed by atoms with van der Waals surface area (Å²) in [5.74, 6) is 0.704. The van der Waals surface area contributed by atoms with Crippen molar-refractivity contribution in [1.82, 2.24) is 19.9 Å². The molecular weight excluding hydrogens is 332 g/mol. The van der Waals surface area contributed by atoms with E-state index in [0.717, 1.165) is 31.7 Å². The third-order valence-corrected chi connectivity index (χ3v) is 5.56. The zero-order valence-corrected chi connectivity index (χ0v) is 14.8. The van der Waals surface area contributed by atoms with Crippen molar-refractivity contribution in [1.29, 1.82) is 5.26 Å². The van der Waals surface area contributed by atoms with Gasteiger partial charge in [-0.15, -0.1) is 11.3 Å². The van der Waals surface area contributed by atoms with Crippen molar-refractivity contribution in [2.75, 3.05) is 31.1 Å². The number of hydrogen-bond acceptors (Lipinski definition) is 7. The predicted octanol–water partition coefficient (Wildman–Crippen LogP) is 2.84. The molecule has 0 radical (unpaired) electrons. The van der Waals surface area contributed by atoms with Gasteiger partial charge < -0.3 is 4.90 Å². The lowest BCUT2D eigenvalue weighted by molar-refractivity contribution is 0.198. The van der Waals surface area contributed by atoms with Crippen LogP contribution in [0, 0.1) is 11.3 Å². The summed E-state index contributed by atoms with van der Waals surface area (Å²) in [5, 5.41) is 8.84. The van der Waals surface area contributed by atoms with Crippen molar-refractivity contribution in [3.05, 3.63) is 47.2 Å². The van der Waals surface area contributed by atoms with Crippen LogP contribution in [0.15, 0.2) is 36.1 Å². The summed E-state index contributed by atoms with van der Waals surface area (Å²) in [6.45, 7) is 5.94. The number of benzene rings is 1. The molecular formula is C18H18N6S. The predicted molar refractivity (Wildman–Crippen MR) is 98.6 cm³/mol. The smallest absolute Gasteiger partial charge is 0.225 e. The van der Waals surface area contributed by atoms with E-state index in [0.29, 0.717) is 17.6 Å². The van der Waals surface area contributed by atoms with Crippen molar-refractivity contribution in [2.24, 2.45) is 0 Å². The Morgan fingerprint density at radius 3 is 2.60 bits per heavy atom. The second-order valence-corrected chi connectivity index (χ2v) is 7.05. The number of nitriles is 1. The monoisotopic (exact) mass is 350 g/mol. The van der Waals surface area contributed by atoms with E-state index >= 15 is 0 Å². The lowest BCUT2D eigenvalue weighted by Gasteiger charge is -2.38. The van der Waals surface area contributed by atoms with Crippen molar-refractivity contribution < 1.29 is 0 Å². The summed E-state index contributed by atoms with van der Waals surface area (Å²) in [7, 11) is 0. The second kappa shape index (κ2) is 6.75. The Hall–Kier alpha value is -2.56. The van der Waals surface area contributed by atoms with Gasteiger partial charge in [-0.3, -0.25) is 4.90 Å². The van der Waals surface area contributed by atoms with E-state index < -0.39 is 0 Å². The standard InChI is InChI=1S/C18H18N6S/c1-13(15-2-3-17-16(8-15)22-12-25-17)23-4-6-24(7-5-23)18-20-10-14(9-19)11-21-18/h2-3,8,10-13H,4-7H2,1H3/t13-/m0/s1. The van der Waals surface area contributed by atoms with Crippen LogP contribution in [-0.4, -0.2) is 46.0 Å². The normalized spacial score (nSPS) is 16.7. The van der Waals surface area contributed by atoms with Crippen LogP contribution < -0.4 is 4.90 Å². The van der Waals surface area contributed by atoms with E-state index in [4.69, 9.17) is 5.26 Å². The van der Waals surface area contributed by atoms with E-state index in [9.17, 15) is 0 Å². The Labute approximate surface area is 150 Å². The van der Waals surface area contributed by atoms with E-state index in [1.54, 1.807) is 23.7 Å². The fraction of sp³-hybridized carbons (Fsp3) is 0.333. The Bertz CT molecular complexity index is 905. The molecule has 1 aliphatic rings. The van der Waals surface area contributed by atoms with Gasteiger partial charge in [-0.05, 0) is 24.6 Å². The first kappa shape index (κ1) is 15.9. The lowest BCUT2D eigenvalue weighted by atomic mass is 10.1. The molecule has 0 unspecified atom stereocenters. The molecule has 126 valence electrons. The number of thiazole rings is 1. The molecule has 0 spiro atoms.